The molecule has 4 aromatic rings. The fourth-order valence-electron chi connectivity index (χ4n) is 2.99. The molecule has 2 heterocycles. The van der Waals surface area contributed by atoms with E-state index in [1.54, 1.807) is 18.3 Å². The zero-order valence-electron chi connectivity index (χ0n) is 13.6. The van der Waals surface area contributed by atoms with Gasteiger partial charge in [0.15, 0.2) is 5.65 Å². The van der Waals surface area contributed by atoms with Crippen LogP contribution in [0.25, 0.3) is 28.0 Å². The molecule has 2 aromatic heterocycles. The van der Waals surface area contributed by atoms with Crippen LogP contribution in [0.15, 0.2) is 60.8 Å². The number of rotatable bonds is 3. The van der Waals surface area contributed by atoms with Gasteiger partial charge in [-0.05, 0) is 42.3 Å². The van der Waals surface area contributed by atoms with Gasteiger partial charge in [0.25, 0.3) is 0 Å². The number of fused-ring (bicyclic) bond motifs is 1. The van der Waals surface area contributed by atoms with Crippen LogP contribution in [0.1, 0.15) is 12.6 Å². The lowest BCUT2D eigenvalue weighted by Crippen LogP contribution is -1.96. The van der Waals surface area contributed by atoms with Crippen molar-refractivity contribution in [2.45, 2.75) is 13.3 Å². The molecule has 0 unspecified atom stereocenters. The molecule has 25 heavy (non-hydrogen) atoms. The second-order valence-electron chi connectivity index (χ2n) is 5.75. The molecule has 0 saturated carbocycles. The first-order valence-corrected chi connectivity index (χ1v) is 8.43. The van der Waals surface area contributed by atoms with E-state index >= 15 is 0 Å². The minimum atomic E-state index is -0.256. The molecule has 2 aromatic carbocycles. The highest BCUT2D eigenvalue weighted by Crippen LogP contribution is 2.31. The monoisotopic (exact) mass is 351 g/mol. The van der Waals surface area contributed by atoms with Crippen molar-refractivity contribution in [1.29, 1.82) is 0 Å². The third-order valence-corrected chi connectivity index (χ3v) is 4.45. The zero-order chi connectivity index (χ0) is 17.4. The standard InChI is InChI=1S/C20H15ClFN3/c1-2-17-19(14-5-9-16(22)10-6-14)20-23-12-11-18(25(20)24-17)13-3-7-15(21)8-4-13/h3-12H,2H2,1H3. The summed E-state index contributed by atoms with van der Waals surface area (Å²) in [4.78, 5) is 4.53. The maximum absolute atomic E-state index is 13.3. The first-order chi connectivity index (χ1) is 12.2. The number of aryl methyl sites for hydroxylation is 1. The Balaban J connectivity index is 1.97. The summed E-state index contributed by atoms with van der Waals surface area (Å²) in [5, 5.41) is 5.45. The van der Waals surface area contributed by atoms with E-state index < -0.39 is 0 Å². The van der Waals surface area contributed by atoms with Crippen LogP contribution < -0.4 is 0 Å². The van der Waals surface area contributed by atoms with Crippen molar-refractivity contribution in [3.63, 3.8) is 0 Å². The van der Waals surface area contributed by atoms with Crippen LogP contribution in [-0.4, -0.2) is 14.6 Å². The molecule has 0 N–H and O–H groups in total. The summed E-state index contributed by atoms with van der Waals surface area (Å²) in [7, 11) is 0. The van der Waals surface area contributed by atoms with Gasteiger partial charge in [0.05, 0.1) is 11.4 Å². The topological polar surface area (TPSA) is 30.2 Å². The van der Waals surface area contributed by atoms with E-state index in [0.717, 1.165) is 40.1 Å². The molecule has 0 amide bonds. The smallest absolute Gasteiger partial charge is 0.163 e. The Labute approximate surface area is 149 Å². The highest BCUT2D eigenvalue weighted by molar-refractivity contribution is 6.30. The van der Waals surface area contributed by atoms with Crippen molar-refractivity contribution >= 4 is 17.2 Å². The predicted molar refractivity (Wildman–Crippen MR) is 98.2 cm³/mol. The molecular formula is C20H15ClFN3. The normalized spacial score (nSPS) is 11.2. The average molecular weight is 352 g/mol. The zero-order valence-corrected chi connectivity index (χ0v) is 14.3. The maximum Gasteiger partial charge on any atom is 0.163 e. The molecule has 0 saturated heterocycles. The summed E-state index contributed by atoms with van der Waals surface area (Å²) in [6.45, 7) is 2.05. The van der Waals surface area contributed by atoms with Gasteiger partial charge in [0.1, 0.15) is 5.82 Å². The van der Waals surface area contributed by atoms with Crippen molar-refractivity contribution in [3.8, 4) is 22.4 Å². The van der Waals surface area contributed by atoms with Gasteiger partial charge in [0.2, 0.25) is 0 Å². The maximum atomic E-state index is 13.3. The van der Waals surface area contributed by atoms with Gasteiger partial charge in [-0.15, -0.1) is 0 Å². The Hall–Kier alpha value is -2.72. The Morgan fingerprint density at radius 3 is 2.32 bits per heavy atom. The van der Waals surface area contributed by atoms with E-state index in [4.69, 9.17) is 16.7 Å². The molecule has 0 fully saturated rings. The van der Waals surface area contributed by atoms with Crippen molar-refractivity contribution in [2.24, 2.45) is 0 Å². The highest BCUT2D eigenvalue weighted by Gasteiger charge is 2.17. The molecule has 0 bridgehead atoms. The van der Waals surface area contributed by atoms with Crippen LogP contribution in [0.4, 0.5) is 4.39 Å². The molecule has 0 aliphatic carbocycles. The molecule has 5 heteroatoms. The van der Waals surface area contributed by atoms with Gasteiger partial charge < -0.3 is 0 Å². The molecule has 0 radical (unpaired) electrons. The lowest BCUT2D eigenvalue weighted by molar-refractivity contribution is 0.628. The number of hydrogen-bond acceptors (Lipinski definition) is 2. The molecular weight excluding hydrogens is 337 g/mol. The number of halogens is 2. The van der Waals surface area contributed by atoms with Crippen LogP contribution in [0.5, 0.6) is 0 Å². The van der Waals surface area contributed by atoms with Crippen molar-refractivity contribution < 1.29 is 4.39 Å². The number of benzene rings is 2. The van der Waals surface area contributed by atoms with Gasteiger partial charge in [-0.3, -0.25) is 0 Å². The molecule has 4 rings (SSSR count). The molecule has 3 nitrogen and oxygen atoms in total. The largest absolute Gasteiger partial charge is 0.236 e. The first-order valence-electron chi connectivity index (χ1n) is 8.06. The average Bonchev–Trinajstić information content (AvgIpc) is 3.02. The van der Waals surface area contributed by atoms with E-state index in [1.807, 2.05) is 34.8 Å². The van der Waals surface area contributed by atoms with Gasteiger partial charge >= 0.3 is 0 Å². The van der Waals surface area contributed by atoms with Crippen LogP contribution in [0, 0.1) is 5.82 Å². The summed E-state index contributed by atoms with van der Waals surface area (Å²) in [5.74, 6) is -0.256. The second kappa shape index (κ2) is 6.30. The third kappa shape index (κ3) is 2.79. The fraction of sp³-hybridized carbons (Fsp3) is 0.100. The Morgan fingerprint density at radius 2 is 1.64 bits per heavy atom. The van der Waals surface area contributed by atoms with E-state index in [-0.39, 0.29) is 5.82 Å². The van der Waals surface area contributed by atoms with Crippen molar-refractivity contribution in [2.75, 3.05) is 0 Å². The summed E-state index contributed by atoms with van der Waals surface area (Å²) < 4.78 is 15.1. The molecule has 0 aliphatic heterocycles. The lowest BCUT2D eigenvalue weighted by Gasteiger charge is -2.05. The minimum absolute atomic E-state index is 0.256. The Kier molecular flexibility index (Phi) is 3.98. The fourth-order valence-corrected chi connectivity index (χ4v) is 3.11. The number of aromatic nitrogens is 3. The predicted octanol–water partition coefficient (Wildman–Crippen LogP) is 5.42. The molecule has 0 aliphatic rings. The first kappa shape index (κ1) is 15.8. The minimum Gasteiger partial charge on any atom is -0.236 e. The summed E-state index contributed by atoms with van der Waals surface area (Å²) in [5.41, 5.74) is 5.49. The second-order valence-corrected chi connectivity index (χ2v) is 6.19. The van der Waals surface area contributed by atoms with Crippen molar-refractivity contribution in [3.05, 3.63) is 77.3 Å². The van der Waals surface area contributed by atoms with E-state index in [2.05, 4.69) is 11.9 Å². The van der Waals surface area contributed by atoms with Gasteiger partial charge in [-0.2, -0.15) is 5.10 Å². The van der Waals surface area contributed by atoms with E-state index in [9.17, 15) is 4.39 Å². The van der Waals surface area contributed by atoms with Crippen LogP contribution in [-0.2, 0) is 6.42 Å². The lowest BCUT2D eigenvalue weighted by atomic mass is 10.0. The van der Waals surface area contributed by atoms with Gasteiger partial charge in [-0.1, -0.05) is 42.8 Å². The summed E-state index contributed by atoms with van der Waals surface area (Å²) >= 11 is 6.00. The number of nitrogens with zero attached hydrogens (tertiary/aromatic N) is 3. The Bertz CT molecular complexity index is 1040. The van der Waals surface area contributed by atoms with Crippen molar-refractivity contribution in [1.82, 2.24) is 14.6 Å². The van der Waals surface area contributed by atoms with Gasteiger partial charge in [-0.25, -0.2) is 13.9 Å². The highest BCUT2D eigenvalue weighted by atomic mass is 35.5. The molecule has 0 spiro atoms. The van der Waals surface area contributed by atoms with Crippen LogP contribution in [0.3, 0.4) is 0 Å². The Morgan fingerprint density at radius 1 is 0.960 bits per heavy atom. The number of hydrogen-bond donors (Lipinski definition) is 0. The third-order valence-electron chi connectivity index (χ3n) is 4.20. The van der Waals surface area contributed by atoms with Gasteiger partial charge in [0, 0.05) is 22.3 Å². The summed E-state index contributed by atoms with van der Waals surface area (Å²) in [6, 6.07) is 16.0. The molecule has 124 valence electrons. The van der Waals surface area contributed by atoms with E-state index in [0.29, 0.717) is 5.02 Å². The van der Waals surface area contributed by atoms with E-state index in [1.165, 1.54) is 12.1 Å². The molecule has 0 atom stereocenters. The van der Waals surface area contributed by atoms with Crippen LogP contribution in [0.2, 0.25) is 5.02 Å². The van der Waals surface area contributed by atoms with Crippen LogP contribution >= 0.6 is 11.6 Å². The summed E-state index contributed by atoms with van der Waals surface area (Å²) in [6.07, 6.45) is 2.53. The SMILES string of the molecule is CCc1nn2c(-c3ccc(Cl)cc3)ccnc2c1-c1ccc(F)cc1. The quantitative estimate of drug-likeness (QED) is 0.493.